The number of aromatic amines is 1. The fourth-order valence-corrected chi connectivity index (χ4v) is 3.63. The minimum Gasteiger partial charge on any atom is -0.310 e. The van der Waals surface area contributed by atoms with Crippen LogP contribution in [0, 0.1) is 5.82 Å². The summed E-state index contributed by atoms with van der Waals surface area (Å²) in [5, 5.41) is 0. The molecule has 0 amide bonds. The van der Waals surface area contributed by atoms with Gasteiger partial charge in [0.15, 0.2) is 0 Å². The van der Waals surface area contributed by atoms with Crippen LogP contribution in [0.3, 0.4) is 0 Å². The number of H-pyrrole nitrogens is 1. The van der Waals surface area contributed by atoms with Gasteiger partial charge in [-0.15, -0.1) is 0 Å². The summed E-state index contributed by atoms with van der Waals surface area (Å²) in [6.45, 7) is 2.23. The Morgan fingerprint density at radius 2 is 2.00 bits per heavy atom. The highest BCUT2D eigenvalue weighted by molar-refractivity contribution is 5.57. The van der Waals surface area contributed by atoms with E-state index in [1.54, 1.807) is 18.5 Å². The Labute approximate surface area is 156 Å². The van der Waals surface area contributed by atoms with E-state index < -0.39 is 0 Å². The number of nitrogens with zero attached hydrogens (tertiary/aromatic N) is 3. The predicted molar refractivity (Wildman–Crippen MR) is 102 cm³/mol. The highest BCUT2D eigenvalue weighted by Crippen LogP contribution is 2.26. The van der Waals surface area contributed by atoms with E-state index in [1.807, 2.05) is 24.3 Å². The molecule has 6 heteroatoms. The van der Waals surface area contributed by atoms with Crippen LogP contribution in [0.25, 0.3) is 11.3 Å². The molecule has 4 rings (SSSR count). The average molecular weight is 364 g/mol. The molecule has 0 radical (unpaired) electrons. The normalized spacial score (nSPS) is 17.7. The van der Waals surface area contributed by atoms with Gasteiger partial charge in [-0.25, -0.2) is 9.37 Å². The average Bonchev–Trinajstić information content (AvgIpc) is 2.70. The van der Waals surface area contributed by atoms with E-state index in [9.17, 15) is 9.18 Å². The first-order valence-corrected chi connectivity index (χ1v) is 9.16. The van der Waals surface area contributed by atoms with Gasteiger partial charge in [-0.1, -0.05) is 18.2 Å². The van der Waals surface area contributed by atoms with E-state index in [4.69, 9.17) is 4.98 Å². The van der Waals surface area contributed by atoms with Gasteiger partial charge >= 0.3 is 0 Å². The molecule has 3 aromatic rings. The zero-order chi connectivity index (χ0) is 18.6. The van der Waals surface area contributed by atoms with E-state index in [1.165, 1.54) is 12.1 Å². The first-order valence-electron chi connectivity index (χ1n) is 9.16. The van der Waals surface area contributed by atoms with E-state index in [0.29, 0.717) is 23.6 Å². The van der Waals surface area contributed by atoms with Crippen LogP contribution in [0.2, 0.25) is 0 Å². The molecule has 1 aromatic carbocycles. The quantitative estimate of drug-likeness (QED) is 0.771. The van der Waals surface area contributed by atoms with Crippen molar-refractivity contribution in [1.82, 2.24) is 19.9 Å². The van der Waals surface area contributed by atoms with Crippen LogP contribution in [0.5, 0.6) is 0 Å². The Morgan fingerprint density at radius 3 is 2.81 bits per heavy atom. The van der Waals surface area contributed by atoms with Crippen LogP contribution in [-0.4, -0.2) is 32.9 Å². The Hall–Kier alpha value is -2.86. The maximum absolute atomic E-state index is 14.0. The predicted octanol–water partition coefficient (Wildman–Crippen LogP) is 3.35. The van der Waals surface area contributed by atoms with Gasteiger partial charge in [0.2, 0.25) is 0 Å². The lowest BCUT2D eigenvalue weighted by Gasteiger charge is -2.32. The maximum Gasteiger partial charge on any atom is 0.251 e. The molecule has 1 aliphatic rings. The molecule has 2 aromatic heterocycles. The fraction of sp³-hybridized carbons (Fsp3) is 0.286. The molecule has 0 saturated carbocycles. The van der Waals surface area contributed by atoms with Crippen molar-refractivity contribution in [2.75, 3.05) is 13.1 Å². The van der Waals surface area contributed by atoms with Crippen LogP contribution in [0.1, 0.15) is 30.1 Å². The zero-order valence-corrected chi connectivity index (χ0v) is 14.9. The second kappa shape index (κ2) is 7.80. The molecule has 1 atom stereocenters. The lowest BCUT2D eigenvalue weighted by Crippen LogP contribution is -2.35. The number of rotatable bonds is 4. The molecular formula is C21H21FN4O. The zero-order valence-electron chi connectivity index (χ0n) is 14.9. The fourth-order valence-electron chi connectivity index (χ4n) is 3.63. The van der Waals surface area contributed by atoms with Gasteiger partial charge in [-0.3, -0.25) is 14.7 Å². The molecule has 1 N–H and O–H groups in total. The highest BCUT2D eigenvalue weighted by Gasteiger charge is 2.24. The SMILES string of the molecule is O=c1cc(-c2ccncc2)nc(C2CCCN(Cc3ccccc3F)C2)[nH]1. The van der Waals surface area contributed by atoms with Crippen LogP contribution >= 0.6 is 0 Å². The van der Waals surface area contributed by atoms with Crippen molar-refractivity contribution in [1.29, 1.82) is 0 Å². The summed E-state index contributed by atoms with van der Waals surface area (Å²) in [7, 11) is 0. The third kappa shape index (κ3) is 4.11. The van der Waals surface area contributed by atoms with Crippen molar-refractivity contribution in [3.63, 3.8) is 0 Å². The van der Waals surface area contributed by atoms with Gasteiger partial charge in [0.1, 0.15) is 11.6 Å². The van der Waals surface area contributed by atoms with E-state index in [-0.39, 0.29) is 17.3 Å². The Bertz CT molecular complexity index is 973. The lowest BCUT2D eigenvalue weighted by atomic mass is 9.96. The third-order valence-electron chi connectivity index (χ3n) is 4.98. The summed E-state index contributed by atoms with van der Waals surface area (Å²) in [4.78, 5) is 26.0. The number of likely N-dealkylation sites (tertiary alicyclic amines) is 1. The largest absolute Gasteiger partial charge is 0.310 e. The second-order valence-corrected chi connectivity index (χ2v) is 6.92. The van der Waals surface area contributed by atoms with Crippen molar-refractivity contribution in [3.05, 3.63) is 82.4 Å². The van der Waals surface area contributed by atoms with E-state index in [2.05, 4.69) is 14.9 Å². The summed E-state index contributed by atoms with van der Waals surface area (Å²) in [5.41, 5.74) is 2.07. The van der Waals surface area contributed by atoms with Gasteiger partial charge < -0.3 is 4.98 Å². The third-order valence-corrected chi connectivity index (χ3v) is 4.98. The Morgan fingerprint density at radius 1 is 1.19 bits per heavy atom. The molecule has 3 heterocycles. The molecule has 1 saturated heterocycles. The van der Waals surface area contributed by atoms with Crippen molar-refractivity contribution >= 4 is 0 Å². The Balaban J connectivity index is 1.55. The number of piperidine rings is 1. The molecular weight excluding hydrogens is 343 g/mol. The minimum absolute atomic E-state index is 0.125. The molecule has 1 aliphatic heterocycles. The number of nitrogens with one attached hydrogen (secondary N) is 1. The maximum atomic E-state index is 14.0. The smallest absolute Gasteiger partial charge is 0.251 e. The number of pyridine rings is 1. The summed E-state index contributed by atoms with van der Waals surface area (Å²) in [6.07, 6.45) is 5.32. The van der Waals surface area contributed by atoms with E-state index in [0.717, 1.165) is 31.5 Å². The molecule has 1 unspecified atom stereocenters. The highest BCUT2D eigenvalue weighted by atomic mass is 19.1. The molecule has 5 nitrogen and oxygen atoms in total. The van der Waals surface area contributed by atoms with Crippen molar-refractivity contribution in [2.45, 2.75) is 25.3 Å². The monoisotopic (exact) mass is 364 g/mol. The van der Waals surface area contributed by atoms with Gasteiger partial charge in [0.25, 0.3) is 5.56 Å². The Kier molecular flexibility index (Phi) is 5.07. The summed E-state index contributed by atoms with van der Waals surface area (Å²) in [5.74, 6) is 0.651. The van der Waals surface area contributed by atoms with Gasteiger partial charge in [-0.2, -0.15) is 0 Å². The molecule has 0 aliphatic carbocycles. The molecule has 0 spiro atoms. The first-order chi connectivity index (χ1) is 13.2. The van der Waals surface area contributed by atoms with Crippen molar-refractivity contribution in [3.8, 4) is 11.3 Å². The summed E-state index contributed by atoms with van der Waals surface area (Å²) in [6, 6.07) is 12.1. The standard InChI is InChI=1S/C21H21FN4O/c22-18-6-2-1-4-16(18)13-26-11-3-5-17(14-26)21-24-19(12-20(27)25-21)15-7-9-23-10-8-15/h1-2,4,6-10,12,17H,3,5,11,13-14H2,(H,24,25,27). The summed E-state index contributed by atoms with van der Waals surface area (Å²) >= 11 is 0. The van der Waals surface area contributed by atoms with Crippen LogP contribution in [0.4, 0.5) is 4.39 Å². The number of benzene rings is 1. The van der Waals surface area contributed by atoms with Crippen LogP contribution in [-0.2, 0) is 6.54 Å². The number of aromatic nitrogens is 3. The number of hydrogen-bond donors (Lipinski definition) is 1. The first kappa shape index (κ1) is 17.5. The summed E-state index contributed by atoms with van der Waals surface area (Å²) < 4.78 is 14.0. The van der Waals surface area contributed by atoms with Gasteiger partial charge in [0.05, 0.1) is 5.69 Å². The van der Waals surface area contributed by atoms with Crippen LogP contribution in [0.15, 0.2) is 59.7 Å². The number of hydrogen-bond acceptors (Lipinski definition) is 4. The van der Waals surface area contributed by atoms with Gasteiger partial charge in [0, 0.05) is 48.6 Å². The van der Waals surface area contributed by atoms with Crippen molar-refractivity contribution in [2.24, 2.45) is 0 Å². The van der Waals surface area contributed by atoms with Crippen LogP contribution < -0.4 is 5.56 Å². The lowest BCUT2D eigenvalue weighted by molar-refractivity contribution is 0.194. The van der Waals surface area contributed by atoms with E-state index >= 15 is 0 Å². The molecule has 0 bridgehead atoms. The van der Waals surface area contributed by atoms with Gasteiger partial charge in [-0.05, 0) is 37.6 Å². The topological polar surface area (TPSA) is 61.9 Å². The molecule has 27 heavy (non-hydrogen) atoms. The minimum atomic E-state index is -0.175. The number of halogens is 1. The van der Waals surface area contributed by atoms with Crippen molar-refractivity contribution < 1.29 is 4.39 Å². The molecule has 138 valence electrons. The second-order valence-electron chi connectivity index (χ2n) is 6.92. The molecule has 1 fully saturated rings.